The van der Waals surface area contributed by atoms with Crippen LogP contribution < -0.4 is 11.1 Å². The summed E-state index contributed by atoms with van der Waals surface area (Å²) in [5.74, 6) is -0.930. The fraction of sp³-hybridized carbons (Fsp3) is 0.333. The number of nitrogens with one attached hydrogen (secondary N) is 1. The minimum absolute atomic E-state index is 0.0794. The maximum atomic E-state index is 11.7. The summed E-state index contributed by atoms with van der Waals surface area (Å²) >= 11 is 0. The molecule has 0 saturated carbocycles. The molecule has 4 N–H and O–H groups in total. The molecule has 0 atom stereocenters. The van der Waals surface area contributed by atoms with Crippen LogP contribution in [0.25, 0.3) is 0 Å². The Hall–Kier alpha value is -2.30. The van der Waals surface area contributed by atoms with E-state index in [1.165, 1.54) is 12.1 Å². The number of anilines is 2. The average Bonchev–Trinajstić information content (AvgIpc) is 2.28. The first-order valence-corrected chi connectivity index (χ1v) is 6.40. The van der Waals surface area contributed by atoms with Crippen LogP contribution >= 0.6 is 0 Å². The smallest absolute Gasteiger partial charge is 0.335 e. The van der Waals surface area contributed by atoms with Crippen molar-refractivity contribution >= 4 is 23.1 Å². The Balaban J connectivity index is 2.22. The number of benzene rings is 1. The van der Waals surface area contributed by atoms with Gasteiger partial charge in [-0.05, 0) is 30.0 Å². The van der Waals surface area contributed by atoms with Gasteiger partial charge in [-0.15, -0.1) is 0 Å². The fourth-order valence-electron chi connectivity index (χ4n) is 2.41. The molecular formula is C15H18N2O3. The van der Waals surface area contributed by atoms with Gasteiger partial charge in [0.15, 0.2) is 5.78 Å². The van der Waals surface area contributed by atoms with Crippen LogP contribution in [0.4, 0.5) is 11.4 Å². The Bertz CT molecular complexity index is 603. The van der Waals surface area contributed by atoms with Crippen LogP contribution in [0.1, 0.15) is 37.0 Å². The number of allylic oxidation sites excluding steroid dienone is 2. The van der Waals surface area contributed by atoms with Crippen molar-refractivity contribution in [1.29, 1.82) is 0 Å². The highest BCUT2D eigenvalue weighted by Gasteiger charge is 2.27. The lowest BCUT2D eigenvalue weighted by atomic mass is 9.79. The first kappa shape index (κ1) is 14.1. The van der Waals surface area contributed by atoms with Crippen molar-refractivity contribution in [2.75, 3.05) is 11.1 Å². The first-order chi connectivity index (χ1) is 9.27. The van der Waals surface area contributed by atoms with Gasteiger partial charge in [0.05, 0.1) is 16.9 Å². The zero-order chi connectivity index (χ0) is 14.9. The van der Waals surface area contributed by atoms with Gasteiger partial charge in [-0.2, -0.15) is 0 Å². The lowest BCUT2D eigenvalue weighted by molar-refractivity contribution is -0.117. The van der Waals surface area contributed by atoms with E-state index >= 15 is 0 Å². The number of carboxylic acid groups (broad SMARTS) is 1. The van der Waals surface area contributed by atoms with Gasteiger partial charge in [-0.25, -0.2) is 4.79 Å². The molecule has 2 rings (SSSR count). The van der Waals surface area contributed by atoms with E-state index in [4.69, 9.17) is 10.8 Å². The quantitative estimate of drug-likeness (QED) is 0.737. The molecular weight excluding hydrogens is 256 g/mol. The van der Waals surface area contributed by atoms with Crippen LogP contribution in [0.15, 0.2) is 30.0 Å². The maximum absolute atomic E-state index is 11.7. The largest absolute Gasteiger partial charge is 0.478 e. The van der Waals surface area contributed by atoms with Crippen LogP contribution in [-0.2, 0) is 4.79 Å². The number of hydrogen-bond donors (Lipinski definition) is 3. The van der Waals surface area contributed by atoms with Gasteiger partial charge in [-0.1, -0.05) is 13.8 Å². The highest BCUT2D eigenvalue weighted by atomic mass is 16.4. The molecule has 0 spiro atoms. The number of carboxylic acids is 1. The summed E-state index contributed by atoms with van der Waals surface area (Å²) in [6.07, 6.45) is 2.88. The highest BCUT2D eigenvalue weighted by molar-refractivity contribution is 5.93. The SMILES string of the molecule is CC1(C)CC(=O)C=C(Nc2ccc(C(=O)O)cc2N)C1. The second-order valence-electron chi connectivity index (χ2n) is 5.89. The third kappa shape index (κ3) is 3.17. The molecule has 1 aliphatic rings. The minimum Gasteiger partial charge on any atom is -0.478 e. The fourth-order valence-corrected chi connectivity index (χ4v) is 2.41. The summed E-state index contributed by atoms with van der Waals surface area (Å²) in [4.78, 5) is 22.5. The van der Waals surface area contributed by atoms with Crippen molar-refractivity contribution in [1.82, 2.24) is 0 Å². The van der Waals surface area contributed by atoms with Crippen LogP contribution in [0, 0.1) is 5.41 Å². The summed E-state index contributed by atoms with van der Waals surface area (Å²) in [6, 6.07) is 4.50. The number of ketones is 1. The minimum atomic E-state index is -1.02. The van der Waals surface area contributed by atoms with E-state index in [1.54, 1.807) is 12.1 Å². The molecule has 0 saturated heterocycles. The predicted octanol–water partition coefficient (Wildman–Crippen LogP) is 2.65. The van der Waals surface area contributed by atoms with Crippen molar-refractivity contribution in [3.05, 3.63) is 35.5 Å². The molecule has 0 heterocycles. The lowest BCUT2D eigenvalue weighted by Crippen LogP contribution is -2.24. The van der Waals surface area contributed by atoms with Crippen LogP contribution in [-0.4, -0.2) is 16.9 Å². The number of nitrogen functional groups attached to an aromatic ring is 1. The molecule has 0 unspecified atom stereocenters. The van der Waals surface area contributed by atoms with Crippen molar-refractivity contribution < 1.29 is 14.7 Å². The molecule has 0 aromatic heterocycles. The van der Waals surface area contributed by atoms with E-state index in [0.29, 0.717) is 17.8 Å². The Labute approximate surface area is 117 Å². The van der Waals surface area contributed by atoms with Gasteiger partial charge in [-0.3, -0.25) is 4.79 Å². The summed E-state index contributed by atoms with van der Waals surface area (Å²) < 4.78 is 0. The molecule has 0 fully saturated rings. The molecule has 0 radical (unpaired) electrons. The standard InChI is InChI=1S/C15H18N2O3/c1-15(2)7-10(6-11(18)8-15)17-13-4-3-9(14(19)20)5-12(13)16/h3-6,17H,7-8,16H2,1-2H3,(H,19,20). The number of rotatable bonds is 3. The van der Waals surface area contributed by atoms with Gasteiger partial charge in [0, 0.05) is 18.2 Å². The Morgan fingerprint density at radius 3 is 2.60 bits per heavy atom. The Morgan fingerprint density at radius 2 is 2.05 bits per heavy atom. The van der Waals surface area contributed by atoms with Gasteiger partial charge >= 0.3 is 5.97 Å². The number of nitrogens with two attached hydrogens (primary N) is 1. The number of hydrogen-bond acceptors (Lipinski definition) is 4. The Morgan fingerprint density at radius 1 is 1.35 bits per heavy atom. The molecule has 0 aliphatic heterocycles. The third-order valence-corrected chi connectivity index (χ3v) is 3.25. The monoisotopic (exact) mass is 274 g/mol. The summed E-state index contributed by atoms with van der Waals surface area (Å²) in [5.41, 5.74) is 7.67. The topological polar surface area (TPSA) is 92.4 Å². The van der Waals surface area contributed by atoms with E-state index in [9.17, 15) is 9.59 Å². The summed E-state index contributed by atoms with van der Waals surface area (Å²) in [6.45, 7) is 4.08. The molecule has 5 heteroatoms. The lowest BCUT2D eigenvalue weighted by Gasteiger charge is -2.29. The molecule has 1 aliphatic carbocycles. The van der Waals surface area contributed by atoms with Crippen molar-refractivity contribution in [3.63, 3.8) is 0 Å². The van der Waals surface area contributed by atoms with Gasteiger partial charge in [0.2, 0.25) is 0 Å². The van der Waals surface area contributed by atoms with E-state index in [2.05, 4.69) is 5.32 Å². The van der Waals surface area contributed by atoms with Crippen molar-refractivity contribution in [3.8, 4) is 0 Å². The maximum Gasteiger partial charge on any atom is 0.335 e. The second kappa shape index (κ2) is 5.00. The van der Waals surface area contributed by atoms with Gasteiger partial charge < -0.3 is 16.2 Å². The number of aromatic carboxylic acids is 1. The van der Waals surface area contributed by atoms with Crippen molar-refractivity contribution in [2.24, 2.45) is 5.41 Å². The second-order valence-corrected chi connectivity index (χ2v) is 5.89. The molecule has 0 bridgehead atoms. The summed E-state index contributed by atoms with van der Waals surface area (Å²) in [5, 5.41) is 12.0. The third-order valence-electron chi connectivity index (χ3n) is 3.25. The molecule has 0 amide bonds. The number of carbonyl (C=O) groups excluding carboxylic acids is 1. The zero-order valence-electron chi connectivity index (χ0n) is 11.6. The van der Waals surface area contributed by atoms with Crippen molar-refractivity contribution in [2.45, 2.75) is 26.7 Å². The van der Waals surface area contributed by atoms with Gasteiger partial charge in [0.1, 0.15) is 0 Å². The van der Waals surface area contributed by atoms with E-state index < -0.39 is 5.97 Å². The van der Waals surface area contributed by atoms with E-state index in [1.807, 2.05) is 13.8 Å². The molecule has 106 valence electrons. The van der Waals surface area contributed by atoms with Crippen LogP contribution in [0.5, 0.6) is 0 Å². The van der Waals surface area contributed by atoms with Crippen LogP contribution in [0.2, 0.25) is 0 Å². The van der Waals surface area contributed by atoms with Gasteiger partial charge in [0.25, 0.3) is 0 Å². The normalized spacial score (nSPS) is 17.5. The average molecular weight is 274 g/mol. The first-order valence-electron chi connectivity index (χ1n) is 6.40. The van der Waals surface area contributed by atoms with E-state index in [-0.39, 0.29) is 16.8 Å². The zero-order valence-corrected chi connectivity index (χ0v) is 11.6. The molecule has 1 aromatic rings. The Kier molecular flexibility index (Phi) is 3.53. The summed E-state index contributed by atoms with van der Waals surface area (Å²) in [7, 11) is 0. The molecule has 5 nitrogen and oxygen atoms in total. The van der Waals surface area contributed by atoms with E-state index in [0.717, 1.165) is 12.1 Å². The molecule has 20 heavy (non-hydrogen) atoms. The number of carbonyl (C=O) groups is 2. The predicted molar refractivity (Wildman–Crippen MR) is 77.5 cm³/mol. The molecule has 1 aromatic carbocycles. The highest BCUT2D eigenvalue weighted by Crippen LogP contribution is 2.34. The van der Waals surface area contributed by atoms with Crippen LogP contribution in [0.3, 0.4) is 0 Å².